The Morgan fingerprint density at radius 3 is 2.27 bits per heavy atom. The fourth-order valence-corrected chi connectivity index (χ4v) is 2.59. The van der Waals surface area contributed by atoms with E-state index in [0.29, 0.717) is 0 Å². The van der Waals surface area contributed by atoms with E-state index in [-0.39, 0.29) is 0 Å². The summed E-state index contributed by atoms with van der Waals surface area (Å²) in [7, 11) is 0. The highest BCUT2D eigenvalue weighted by Crippen LogP contribution is 2.25. The quantitative estimate of drug-likeness (QED) is 0.747. The summed E-state index contributed by atoms with van der Waals surface area (Å²) in [6.45, 7) is 10.9. The Hall–Kier alpha value is -0.0800. The van der Waals surface area contributed by atoms with Crippen molar-refractivity contribution >= 4 is 0 Å². The van der Waals surface area contributed by atoms with Crippen LogP contribution in [0.4, 0.5) is 0 Å². The molecule has 0 radical (unpaired) electrons. The minimum absolute atomic E-state index is 0.776. The summed E-state index contributed by atoms with van der Waals surface area (Å²) in [5.74, 6) is 1.78. The van der Waals surface area contributed by atoms with Crippen LogP contribution in [-0.4, -0.2) is 36.6 Å². The summed E-state index contributed by atoms with van der Waals surface area (Å²) < 4.78 is 0. The largest absolute Gasteiger partial charge is 0.312 e. The minimum Gasteiger partial charge on any atom is -0.312 e. The third-order valence-corrected chi connectivity index (χ3v) is 4.22. The molecule has 2 heteroatoms. The van der Waals surface area contributed by atoms with Crippen LogP contribution >= 0.6 is 0 Å². The first-order valence-electron chi connectivity index (χ1n) is 6.68. The van der Waals surface area contributed by atoms with Gasteiger partial charge in [0.15, 0.2) is 0 Å². The van der Waals surface area contributed by atoms with Crippen molar-refractivity contribution in [3.63, 3.8) is 0 Å². The van der Waals surface area contributed by atoms with E-state index in [1.165, 1.54) is 38.9 Å². The number of likely N-dealkylation sites (tertiary alicyclic amines) is 1. The third kappa shape index (κ3) is 2.94. The summed E-state index contributed by atoms with van der Waals surface area (Å²) in [4.78, 5) is 2.70. The third-order valence-electron chi connectivity index (χ3n) is 4.22. The van der Waals surface area contributed by atoms with Crippen molar-refractivity contribution in [3.05, 3.63) is 0 Å². The van der Waals surface area contributed by atoms with Crippen LogP contribution in [0.25, 0.3) is 0 Å². The molecule has 2 fully saturated rings. The molecule has 0 aromatic heterocycles. The standard InChI is InChI=1S/C13H26N2/c1-4-13(7-14-12-5-6-12)15-8-10(2)11(3)9-15/h10-14H,4-9H2,1-3H3. The van der Waals surface area contributed by atoms with Crippen molar-refractivity contribution < 1.29 is 0 Å². The van der Waals surface area contributed by atoms with Crippen LogP contribution in [0, 0.1) is 11.8 Å². The van der Waals surface area contributed by atoms with Crippen LogP contribution in [-0.2, 0) is 0 Å². The molecule has 1 heterocycles. The highest BCUT2D eigenvalue weighted by Gasteiger charge is 2.31. The van der Waals surface area contributed by atoms with Crippen molar-refractivity contribution in [2.24, 2.45) is 11.8 Å². The van der Waals surface area contributed by atoms with Gasteiger partial charge in [0.25, 0.3) is 0 Å². The number of nitrogens with zero attached hydrogens (tertiary/aromatic N) is 1. The summed E-state index contributed by atoms with van der Waals surface area (Å²) >= 11 is 0. The van der Waals surface area contributed by atoms with E-state index in [4.69, 9.17) is 0 Å². The lowest BCUT2D eigenvalue weighted by Gasteiger charge is -2.27. The lowest BCUT2D eigenvalue weighted by Crippen LogP contribution is -2.41. The molecule has 1 aliphatic carbocycles. The molecule has 3 unspecified atom stereocenters. The summed E-state index contributed by atoms with van der Waals surface area (Å²) in [6, 6.07) is 1.63. The van der Waals surface area contributed by atoms with Gasteiger partial charge in [0.05, 0.1) is 0 Å². The number of rotatable bonds is 5. The normalized spacial score (nSPS) is 34.6. The molecule has 0 spiro atoms. The van der Waals surface area contributed by atoms with E-state index in [9.17, 15) is 0 Å². The Balaban J connectivity index is 1.77. The second-order valence-electron chi connectivity index (χ2n) is 5.65. The molecule has 0 aromatic rings. The first-order chi connectivity index (χ1) is 7.20. The van der Waals surface area contributed by atoms with Crippen LogP contribution in [0.15, 0.2) is 0 Å². The molecule has 3 atom stereocenters. The van der Waals surface area contributed by atoms with Gasteiger partial charge in [-0.05, 0) is 31.1 Å². The van der Waals surface area contributed by atoms with Gasteiger partial charge in [-0.15, -0.1) is 0 Å². The molecular formula is C13H26N2. The fraction of sp³-hybridized carbons (Fsp3) is 1.00. The maximum atomic E-state index is 3.67. The monoisotopic (exact) mass is 210 g/mol. The molecule has 0 bridgehead atoms. The Labute approximate surface area is 94.4 Å². The van der Waals surface area contributed by atoms with Crippen LogP contribution in [0.1, 0.15) is 40.0 Å². The van der Waals surface area contributed by atoms with E-state index in [0.717, 1.165) is 23.9 Å². The predicted octanol–water partition coefficient (Wildman–Crippen LogP) is 2.10. The molecule has 1 saturated heterocycles. The number of hydrogen-bond acceptors (Lipinski definition) is 2. The van der Waals surface area contributed by atoms with Crippen LogP contribution in [0.2, 0.25) is 0 Å². The maximum Gasteiger partial charge on any atom is 0.0218 e. The minimum atomic E-state index is 0.776. The van der Waals surface area contributed by atoms with Gasteiger partial charge in [-0.1, -0.05) is 20.8 Å². The maximum absolute atomic E-state index is 3.67. The first-order valence-corrected chi connectivity index (χ1v) is 6.68. The van der Waals surface area contributed by atoms with Gasteiger partial charge >= 0.3 is 0 Å². The van der Waals surface area contributed by atoms with Gasteiger partial charge in [-0.25, -0.2) is 0 Å². The average Bonchev–Trinajstić information content (AvgIpc) is 2.96. The highest BCUT2D eigenvalue weighted by molar-refractivity contribution is 4.87. The average molecular weight is 210 g/mol. The Kier molecular flexibility index (Phi) is 3.68. The highest BCUT2D eigenvalue weighted by atomic mass is 15.2. The van der Waals surface area contributed by atoms with Crippen LogP contribution < -0.4 is 5.32 Å². The van der Waals surface area contributed by atoms with E-state index in [1.807, 2.05) is 0 Å². The van der Waals surface area contributed by atoms with E-state index in [2.05, 4.69) is 31.0 Å². The number of hydrogen-bond donors (Lipinski definition) is 1. The molecule has 1 N–H and O–H groups in total. The van der Waals surface area contributed by atoms with Gasteiger partial charge in [-0.3, -0.25) is 4.90 Å². The molecule has 0 amide bonds. The summed E-state index contributed by atoms with van der Waals surface area (Å²) in [6.07, 6.45) is 4.10. The Morgan fingerprint density at radius 2 is 1.80 bits per heavy atom. The molecule has 0 aromatic carbocycles. The summed E-state index contributed by atoms with van der Waals surface area (Å²) in [5.41, 5.74) is 0. The first kappa shape index (κ1) is 11.4. The number of nitrogens with one attached hydrogen (secondary N) is 1. The lowest BCUT2D eigenvalue weighted by atomic mass is 10.0. The van der Waals surface area contributed by atoms with Crippen molar-refractivity contribution in [1.29, 1.82) is 0 Å². The van der Waals surface area contributed by atoms with Crippen molar-refractivity contribution in [1.82, 2.24) is 10.2 Å². The van der Waals surface area contributed by atoms with Crippen LogP contribution in [0.5, 0.6) is 0 Å². The van der Waals surface area contributed by atoms with Crippen molar-refractivity contribution in [2.75, 3.05) is 19.6 Å². The van der Waals surface area contributed by atoms with E-state index < -0.39 is 0 Å². The molecule has 2 rings (SSSR count). The molecule has 1 saturated carbocycles. The predicted molar refractivity (Wildman–Crippen MR) is 65.0 cm³/mol. The smallest absolute Gasteiger partial charge is 0.0218 e. The van der Waals surface area contributed by atoms with E-state index in [1.54, 1.807) is 0 Å². The topological polar surface area (TPSA) is 15.3 Å². The van der Waals surface area contributed by atoms with Crippen molar-refractivity contribution in [3.8, 4) is 0 Å². The van der Waals surface area contributed by atoms with Gasteiger partial charge in [0, 0.05) is 31.7 Å². The second-order valence-corrected chi connectivity index (χ2v) is 5.65. The molecule has 1 aliphatic heterocycles. The van der Waals surface area contributed by atoms with Gasteiger partial charge in [0.1, 0.15) is 0 Å². The second kappa shape index (κ2) is 4.84. The lowest BCUT2D eigenvalue weighted by molar-refractivity contribution is 0.219. The zero-order valence-corrected chi connectivity index (χ0v) is 10.5. The zero-order valence-electron chi connectivity index (χ0n) is 10.5. The van der Waals surface area contributed by atoms with E-state index >= 15 is 0 Å². The summed E-state index contributed by atoms with van der Waals surface area (Å²) in [5, 5.41) is 3.67. The molecule has 2 nitrogen and oxygen atoms in total. The Morgan fingerprint density at radius 1 is 1.20 bits per heavy atom. The van der Waals surface area contributed by atoms with Gasteiger partial charge < -0.3 is 5.32 Å². The zero-order chi connectivity index (χ0) is 10.8. The van der Waals surface area contributed by atoms with Crippen molar-refractivity contribution in [2.45, 2.75) is 52.1 Å². The van der Waals surface area contributed by atoms with Crippen LogP contribution in [0.3, 0.4) is 0 Å². The molecular weight excluding hydrogens is 184 g/mol. The fourth-order valence-electron chi connectivity index (χ4n) is 2.59. The Bertz CT molecular complexity index is 191. The van der Waals surface area contributed by atoms with Gasteiger partial charge in [0.2, 0.25) is 0 Å². The van der Waals surface area contributed by atoms with Gasteiger partial charge in [-0.2, -0.15) is 0 Å². The SMILES string of the molecule is CCC(CNC1CC1)N1CC(C)C(C)C1. The molecule has 15 heavy (non-hydrogen) atoms. The molecule has 2 aliphatic rings. The molecule has 88 valence electrons.